The van der Waals surface area contributed by atoms with Gasteiger partial charge in [0.2, 0.25) is 0 Å². The molecule has 0 aromatic heterocycles. The van der Waals surface area contributed by atoms with Crippen molar-refractivity contribution in [3.8, 4) is 0 Å². The highest BCUT2D eigenvalue weighted by Gasteiger charge is 2.10. The number of hydrogen-bond donors (Lipinski definition) is 2. The van der Waals surface area contributed by atoms with Gasteiger partial charge in [-0.2, -0.15) is 0 Å². The van der Waals surface area contributed by atoms with E-state index in [1.165, 1.54) is 23.8 Å². The molecule has 0 unspecified atom stereocenters. The van der Waals surface area contributed by atoms with Gasteiger partial charge in [-0.15, -0.1) is 24.0 Å². The standard InChI is InChI=1S/C21H27ClFN3O2S.HI/c1-3-24-21(25-12-4-5-16-6-9-19(22)10-7-16)26-14-18-13-20(23)11-8-17(18)15-29(2,27)28;/h6-11,13H,3-5,12,14-15H2,1-2H3,(H2,24,25,26);1H. The van der Waals surface area contributed by atoms with Crippen LogP contribution in [0.4, 0.5) is 4.39 Å². The van der Waals surface area contributed by atoms with Gasteiger partial charge in [0.05, 0.1) is 12.3 Å². The molecule has 0 atom stereocenters. The Labute approximate surface area is 200 Å². The van der Waals surface area contributed by atoms with Crippen LogP contribution < -0.4 is 10.6 Å². The monoisotopic (exact) mass is 567 g/mol. The summed E-state index contributed by atoms with van der Waals surface area (Å²) in [6, 6.07) is 11.9. The van der Waals surface area contributed by atoms with E-state index in [0.29, 0.717) is 30.2 Å². The summed E-state index contributed by atoms with van der Waals surface area (Å²) in [4.78, 5) is 4.49. The van der Waals surface area contributed by atoms with Gasteiger partial charge < -0.3 is 10.6 Å². The van der Waals surface area contributed by atoms with Crippen molar-refractivity contribution >= 4 is 51.4 Å². The Morgan fingerprint density at radius 2 is 1.80 bits per heavy atom. The van der Waals surface area contributed by atoms with Crippen LogP contribution in [0, 0.1) is 5.82 Å². The molecule has 0 spiro atoms. The predicted octanol–water partition coefficient (Wildman–Crippen LogP) is 4.33. The highest BCUT2D eigenvalue weighted by atomic mass is 127. The molecule has 5 nitrogen and oxygen atoms in total. The van der Waals surface area contributed by atoms with Gasteiger partial charge in [-0.1, -0.05) is 29.8 Å². The van der Waals surface area contributed by atoms with Crippen LogP contribution in [0.15, 0.2) is 47.5 Å². The van der Waals surface area contributed by atoms with E-state index in [0.717, 1.165) is 24.1 Å². The molecular weight excluding hydrogens is 540 g/mol. The fraction of sp³-hybridized carbons (Fsp3) is 0.381. The molecule has 9 heteroatoms. The van der Waals surface area contributed by atoms with Crippen LogP contribution in [0.2, 0.25) is 5.02 Å². The molecule has 0 saturated heterocycles. The van der Waals surface area contributed by atoms with Crippen LogP contribution in [0.3, 0.4) is 0 Å². The number of hydrogen-bond acceptors (Lipinski definition) is 3. The Balaban J connectivity index is 0.00000450. The molecule has 0 amide bonds. The van der Waals surface area contributed by atoms with Crippen LogP contribution in [0.25, 0.3) is 0 Å². The fourth-order valence-corrected chi connectivity index (χ4v) is 3.79. The lowest BCUT2D eigenvalue weighted by Gasteiger charge is -2.12. The van der Waals surface area contributed by atoms with Crippen molar-refractivity contribution in [2.75, 3.05) is 19.3 Å². The summed E-state index contributed by atoms with van der Waals surface area (Å²) in [6.45, 7) is 3.55. The van der Waals surface area contributed by atoms with Gasteiger partial charge in [0.25, 0.3) is 0 Å². The first-order valence-corrected chi connectivity index (χ1v) is 11.9. The average Bonchev–Trinajstić information content (AvgIpc) is 2.65. The van der Waals surface area contributed by atoms with Crippen LogP contribution in [0.1, 0.15) is 30.0 Å². The molecule has 2 aromatic rings. The quantitative estimate of drug-likeness (QED) is 0.205. The summed E-state index contributed by atoms with van der Waals surface area (Å²) in [7, 11) is -3.22. The molecule has 0 saturated carbocycles. The van der Waals surface area contributed by atoms with Crippen LogP contribution in [-0.4, -0.2) is 33.7 Å². The van der Waals surface area contributed by atoms with E-state index in [2.05, 4.69) is 15.6 Å². The van der Waals surface area contributed by atoms with E-state index in [4.69, 9.17) is 11.6 Å². The highest BCUT2D eigenvalue weighted by molar-refractivity contribution is 14.0. The van der Waals surface area contributed by atoms with Crippen molar-refractivity contribution in [1.82, 2.24) is 10.6 Å². The Morgan fingerprint density at radius 1 is 1.10 bits per heavy atom. The van der Waals surface area contributed by atoms with Gasteiger partial charge in [-0.05, 0) is 60.7 Å². The average molecular weight is 568 g/mol. The summed E-state index contributed by atoms with van der Waals surface area (Å²) >= 11 is 5.90. The second-order valence-corrected chi connectivity index (χ2v) is 9.41. The maximum absolute atomic E-state index is 13.6. The van der Waals surface area contributed by atoms with E-state index in [1.807, 2.05) is 31.2 Å². The molecule has 30 heavy (non-hydrogen) atoms. The highest BCUT2D eigenvalue weighted by Crippen LogP contribution is 2.15. The van der Waals surface area contributed by atoms with Gasteiger partial charge in [0.15, 0.2) is 15.8 Å². The third-order valence-electron chi connectivity index (χ3n) is 4.19. The molecule has 166 valence electrons. The number of nitrogens with one attached hydrogen (secondary N) is 2. The molecule has 0 aliphatic heterocycles. The summed E-state index contributed by atoms with van der Waals surface area (Å²) in [5, 5.41) is 7.13. The first-order chi connectivity index (χ1) is 13.8. The predicted molar refractivity (Wildman–Crippen MR) is 133 cm³/mol. The topological polar surface area (TPSA) is 70.6 Å². The van der Waals surface area contributed by atoms with Crippen LogP contribution in [-0.2, 0) is 28.6 Å². The van der Waals surface area contributed by atoms with Crippen LogP contribution in [0.5, 0.6) is 0 Å². The normalized spacial score (nSPS) is 11.7. The minimum Gasteiger partial charge on any atom is -0.357 e. The van der Waals surface area contributed by atoms with E-state index >= 15 is 0 Å². The van der Waals surface area contributed by atoms with Gasteiger partial charge >= 0.3 is 0 Å². The zero-order chi connectivity index (χ0) is 21.3. The van der Waals surface area contributed by atoms with E-state index in [9.17, 15) is 12.8 Å². The first-order valence-electron chi connectivity index (χ1n) is 9.48. The molecule has 0 aliphatic carbocycles. The summed E-state index contributed by atoms with van der Waals surface area (Å²) in [5.74, 6) is 0.0648. The van der Waals surface area contributed by atoms with Crippen molar-refractivity contribution in [1.29, 1.82) is 0 Å². The summed E-state index contributed by atoms with van der Waals surface area (Å²) in [5.41, 5.74) is 2.34. The van der Waals surface area contributed by atoms with Gasteiger partial charge in [0, 0.05) is 24.4 Å². The number of benzene rings is 2. The Kier molecular flexibility index (Phi) is 11.6. The molecule has 0 radical (unpaired) electrons. The van der Waals surface area contributed by atoms with Crippen molar-refractivity contribution in [2.45, 2.75) is 32.1 Å². The minimum absolute atomic E-state index is 0. The molecule has 2 aromatic carbocycles. The van der Waals surface area contributed by atoms with Crippen molar-refractivity contribution in [3.63, 3.8) is 0 Å². The zero-order valence-electron chi connectivity index (χ0n) is 17.1. The first kappa shape index (κ1) is 26.6. The molecule has 2 N–H and O–H groups in total. The Morgan fingerprint density at radius 3 is 2.43 bits per heavy atom. The molecule has 0 heterocycles. The van der Waals surface area contributed by atoms with Crippen molar-refractivity contribution in [3.05, 3.63) is 70.0 Å². The largest absolute Gasteiger partial charge is 0.357 e. The van der Waals surface area contributed by atoms with Crippen LogP contribution >= 0.6 is 35.6 Å². The van der Waals surface area contributed by atoms with Gasteiger partial charge in [-0.3, -0.25) is 0 Å². The lowest BCUT2D eigenvalue weighted by atomic mass is 10.1. The number of guanidine groups is 1. The number of aliphatic imine (C=N–C) groups is 1. The number of rotatable bonds is 9. The second kappa shape index (κ2) is 13.1. The number of aryl methyl sites for hydroxylation is 1. The smallest absolute Gasteiger partial charge is 0.191 e. The molecule has 0 aliphatic rings. The second-order valence-electron chi connectivity index (χ2n) is 6.84. The van der Waals surface area contributed by atoms with Gasteiger partial charge in [-0.25, -0.2) is 17.8 Å². The molecule has 0 fully saturated rings. The number of halogens is 3. The Bertz CT molecular complexity index is 938. The molecular formula is C21H28ClFIN3O2S. The lowest BCUT2D eigenvalue weighted by molar-refractivity contribution is 0.600. The fourth-order valence-electron chi connectivity index (χ4n) is 2.82. The number of sulfone groups is 1. The summed E-state index contributed by atoms with van der Waals surface area (Å²) < 4.78 is 36.9. The van der Waals surface area contributed by atoms with Crippen molar-refractivity contribution in [2.24, 2.45) is 4.99 Å². The van der Waals surface area contributed by atoms with E-state index in [-0.39, 0.29) is 36.3 Å². The Hall–Kier alpha value is -1.39. The molecule has 0 bridgehead atoms. The van der Waals surface area contributed by atoms with Crippen molar-refractivity contribution < 1.29 is 12.8 Å². The van der Waals surface area contributed by atoms with E-state index < -0.39 is 15.7 Å². The maximum Gasteiger partial charge on any atom is 0.191 e. The molecule has 2 rings (SSSR count). The van der Waals surface area contributed by atoms with E-state index in [1.54, 1.807) is 0 Å². The summed E-state index contributed by atoms with van der Waals surface area (Å²) in [6.07, 6.45) is 2.98. The SMILES string of the molecule is CCNC(=NCc1cc(F)ccc1CS(C)(=O)=O)NCCCc1ccc(Cl)cc1.I. The zero-order valence-corrected chi connectivity index (χ0v) is 21.0. The lowest BCUT2D eigenvalue weighted by Crippen LogP contribution is -2.37. The maximum atomic E-state index is 13.6. The third-order valence-corrected chi connectivity index (χ3v) is 5.27. The minimum atomic E-state index is -3.22. The number of nitrogens with zero attached hydrogens (tertiary/aromatic N) is 1. The van der Waals surface area contributed by atoms with Gasteiger partial charge in [0.1, 0.15) is 5.82 Å². The third kappa shape index (κ3) is 10.1.